The summed E-state index contributed by atoms with van der Waals surface area (Å²) >= 11 is 0.995. The van der Waals surface area contributed by atoms with Crippen LogP contribution in [-0.4, -0.2) is 31.7 Å². The van der Waals surface area contributed by atoms with E-state index in [0.29, 0.717) is 0 Å². The molecule has 2 rings (SSSR count). The van der Waals surface area contributed by atoms with Gasteiger partial charge in [-0.1, -0.05) is 37.1 Å². The van der Waals surface area contributed by atoms with Crippen LogP contribution >= 0.6 is 11.8 Å². The maximum atomic E-state index is 12.1. The molecule has 1 aliphatic carbocycles. The Bertz CT molecular complexity index is 882. The number of carbonyl (C=O) groups excluding carboxylic acids is 1. The highest BCUT2D eigenvalue weighted by molar-refractivity contribution is 7.99. The van der Waals surface area contributed by atoms with Gasteiger partial charge >= 0.3 is 5.69 Å². The minimum absolute atomic E-state index is 0.00505. The van der Waals surface area contributed by atoms with Crippen molar-refractivity contribution in [2.45, 2.75) is 57.4 Å². The van der Waals surface area contributed by atoms with Crippen molar-refractivity contribution in [2.75, 3.05) is 5.75 Å². The van der Waals surface area contributed by atoms with Gasteiger partial charge in [0, 0.05) is 14.1 Å². The van der Waals surface area contributed by atoms with Gasteiger partial charge in [-0.3, -0.25) is 14.2 Å². The number of unbranched alkanes of at least 4 members (excludes halogenated alkanes) is 2. The van der Waals surface area contributed by atoms with E-state index in [9.17, 15) is 14.4 Å². The number of amides is 1. The van der Waals surface area contributed by atoms with Crippen LogP contribution in [0.5, 0.6) is 0 Å². The zero-order valence-electron chi connectivity index (χ0n) is 16.4. The average Bonchev–Trinajstić information content (AvgIpc) is 3.00. The standard InChI is InChI=1S/C18H27N5O3S/c1-5-6-7-8-13-12(2)9-10-14(13)19-20-15(24)11-27-16-17(25)22(3)18(26)23(4)21-16/h5-11H2,1-4H3,(H,20,24)/b19-14-. The molecule has 1 aromatic rings. The van der Waals surface area contributed by atoms with Crippen LogP contribution in [0.1, 0.15) is 52.4 Å². The zero-order valence-corrected chi connectivity index (χ0v) is 17.2. The summed E-state index contributed by atoms with van der Waals surface area (Å²) in [6, 6.07) is 0. The lowest BCUT2D eigenvalue weighted by molar-refractivity contribution is -0.118. The molecule has 0 radical (unpaired) electrons. The minimum Gasteiger partial charge on any atom is -0.272 e. The Morgan fingerprint density at radius 3 is 2.70 bits per heavy atom. The third-order valence-corrected chi connectivity index (χ3v) is 5.51. The molecule has 0 aliphatic heterocycles. The molecule has 0 unspecified atom stereocenters. The fourth-order valence-electron chi connectivity index (χ4n) is 2.94. The van der Waals surface area contributed by atoms with Crippen molar-refractivity contribution in [2.24, 2.45) is 19.2 Å². The topological polar surface area (TPSA) is 98.3 Å². The lowest BCUT2D eigenvalue weighted by Crippen LogP contribution is -2.39. The van der Waals surface area contributed by atoms with Crippen LogP contribution in [0.4, 0.5) is 0 Å². The van der Waals surface area contributed by atoms with E-state index in [1.807, 2.05) is 0 Å². The Kier molecular flexibility index (Phi) is 7.58. The maximum absolute atomic E-state index is 12.1. The Labute approximate surface area is 162 Å². The first-order valence-corrected chi connectivity index (χ1v) is 10.1. The van der Waals surface area contributed by atoms with Crippen molar-refractivity contribution in [1.29, 1.82) is 0 Å². The Hall–Kier alpha value is -2.16. The summed E-state index contributed by atoms with van der Waals surface area (Å²) in [5.41, 5.74) is 5.16. The highest BCUT2D eigenvalue weighted by atomic mass is 32.2. The summed E-state index contributed by atoms with van der Waals surface area (Å²) in [6.07, 6.45) is 6.33. The van der Waals surface area contributed by atoms with Crippen LogP contribution in [0.25, 0.3) is 0 Å². The van der Waals surface area contributed by atoms with Crippen molar-refractivity contribution < 1.29 is 4.79 Å². The summed E-state index contributed by atoms with van der Waals surface area (Å²) in [6.45, 7) is 4.30. The molecule has 1 heterocycles. The number of hydrazone groups is 1. The van der Waals surface area contributed by atoms with Gasteiger partial charge < -0.3 is 0 Å². The van der Waals surface area contributed by atoms with Crippen molar-refractivity contribution in [1.82, 2.24) is 19.8 Å². The summed E-state index contributed by atoms with van der Waals surface area (Å²) in [5, 5.41) is 8.33. The van der Waals surface area contributed by atoms with Crippen LogP contribution in [0.15, 0.2) is 30.9 Å². The molecule has 0 bridgehead atoms. The summed E-state index contributed by atoms with van der Waals surface area (Å²) < 4.78 is 2.05. The molecule has 0 fully saturated rings. The number of carbonyl (C=O) groups is 1. The van der Waals surface area contributed by atoms with Gasteiger partial charge in [0.05, 0.1) is 11.5 Å². The minimum atomic E-state index is -0.505. The van der Waals surface area contributed by atoms with Gasteiger partial charge in [0.2, 0.25) is 5.91 Å². The molecule has 0 aromatic carbocycles. The second-order valence-electron chi connectivity index (χ2n) is 6.67. The molecule has 9 heteroatoms. The molecule has 1 aromatic heterocycles. The first kappa shape index (κ1) is 21.1. The van der Waals surface area contributed by atoms with Crippen molar-refractivity contribution in [3.63, 3.8) is 0 Å². The molecule has 1 N–H and O–H groups in total. The Morgan fingerprint density at radius 2 is 2.00 bits per heavy atom. The number of hydrogen-bond acceptors (Lipinski definition) is 6. The smallest absolute Gasteiger partial charge is 0.272 e. The number of nitrogens with one attached hydrogen (secondary N) is 1. The predicted molar refractivity (Wildman–Crippen MR) is 107 cm³/mol. The number of thioether (sulfide) groups is 1. The monoisotopic (exact) mass is 393 g/mol. The SMILES string of the molecule is CCCCCC1=C(C)CC/C1=N/NC(=O)CSc1nn(C)c(=O)n(C)c1=O. The number of rotatable bonds is 8. The van der Waals surface area contributed by atoms with Gasteiger partial charge in [0.25, 0.3) is 5.56 Å². The molecule has 27 heavy (non-hydrogen) atoms. The van der Waals surface area contributed by atoms with Crippen LogP contribution < -0.4 is 16.7 Å². The normalized spacial score (nSPS) is 15.6. The van der Waals surface area contributed by atoms with Crippen LogP contribution in [0.3, 0.4) is 0 Å². The Balaban J connectivity index is 1.96. The second-order valence-corrected chi connectivity index (χ2v) is 7.64. The number of allylic oxidation sites excluding steroid dienone is 2. The van der Waals surface area contributed by atoms with Gasteiger partial charge in [-0.15, -0.1) is 0 Å². The fraction of sp³-hybridized carbons (Fsp3) is 0.611. The quantitative estimate of drug-likeness (QED) is 0.412. The molecule has 0 spiro atoms. The lowest BCUT2D eigenvalue weighted by Gasteiger charge is -2.07. The number of aromatic nitrogens is 3. The highest BCUT2D eigenvalue weighted by Gasteiger charge is 2.18. The van der Waals surface area contributed by atoms with Crippen molar-refractivity contribution in [3.8, 4) is 0 Å². The zero-order chi connectivity index (χ0) is 20.0. The van der Waals surface area contributed by atoms with E-state index in [2.05, 4.69) is 29.5 Å². The van der Waals surface area contributed by atoms with Gasteiger partial charge in [-0.25, -0.2) is 14.9 Å². The molecule has 0 atom stereocenters. The molecule has 8 nitrogen and oxygen atoms in total. The van der Waals surface area contributed by atoms with Crippen LogP contribution in [-0.2, 0) is 18.9 Å². The molecular weight excluding hydrogens is 366 g/mol. The van der Waals surface area contributed by atoms with E-state index in [0.717, 1.165) is 52.4 Å². The maximum Gasteiger partial charge on any atom is 0.346 e. The molecule has 1 amide bonds. The molecular formula is C18H27N5O3S. The van der Waals surface area contributed by atoms with Gasteiger partial charge in [-0.05, 0) is 38.2 Å². The summed E-state index contributed by atoms with van der Waals surface area (Å²) in [7, 11) is 2.85. The average molecular weight is 394 g/mol. The van der Waals surface area contributed by atoms with Crippen molar-refractivity contribution >= 4 is 23.4 Å². The first-order chi connectivity index (χ1) is 12.8. The number of aryl methyl sites for hydroxylation is 1. The molecule has 1 aliphatic rings. The van der Waals surface area contributed by atoms with E-state index in [4.69, 9.17) is 0 Å². The fourth-order valence-corrected chi connectivity index (χ4v) is 3.72. The van der Waals surface area contributed by atoms with E-state index < -0.39 is 11.2 Å². The van der Waals surface area contributed by atoms with Crippen LogP contribution in [0.2, 0.25) is 0 Å². The summed E-state index contributed by atoms with van der Waals surface area (Å²) in [5.74, 6) is -0.298. The van der Waals surface area contributed by atoms with Gasteiger partial charge in [0.15, 0.2) is 5.03 Å². The van der Waals surface area contributed by atoms with E-state index in [-0.39, 0.29) is 16.7 Å². The van der Waals surface area contributed by atoms with Crippen molar-refractivity contribution in [3.05, 3.63) is 32.0 Å². The predicted octanol–water partition coefficient (Wildman–Crippen LogP) is 1.73. The second kappa shape index (κ2) is 9.68. The van der Waals surface area contributed by atoms with E-state index in [1.165, 1.54) is 38.1 Å². The van der Waals surface area contributed by atoms with Gasteiger partial charge in [0.1, 0.15) is 0 Å². The summed E-state index contributed by atoms with van der Waals surface area (Å²) in [4.78, 5) is 35.8. The Morgan fingerprint density at radius 1 is 1.26 bits per heavy atom. The molecule has 148 valence electrons. The third kappa shape index (κ3) is 5.41. The molecule has 0 saturated heterocycles. The number of hydrogen-bond donors (Lipinski definition) is 1. The van der Waals surface area contributed by atoms with E-state index in [1.54, 1.807) is 0 Å². The van der Waals surface area contributed by atoms with E-state index >= 15 is 0 Å². The third-order valence-electron chi connectivity index (χ3n) is 4.58. The van der Waals surface area contributed by atoms with Crippen LogP contribution in [0, 0.1) is 0 Å². The number of nitrogens with zero attached hydrogens (tertiary/aromatic N) is 4. The first-order valence-electron chi connectivity index (χ1n) is 9.16. The van der Waals surface area contributed by atoms with Gasteiger partial charge in [-0.2, -0.15) is 10.2 Å². The largest absolute Gasteiger partial charge is 0.346 e. The highest BCUT2D eigenvalue weighted by Crippen LogP contribution is 2.27. The lowest BCUT2D eigenvalue weighted by atomic mass is 10.0. The molecule has 0 saturated carbocycles.